The Morgan fingerprint density at radius 2 is 2.24 bits per heavy atom. The van der Waals surface area contributed by atoms with Crippen LogP contribution in [-0.4, -0.2) is 40.2 Å². The van der Waals surface area contributed by atoms with E-state index < -0.39 is 0 Å². The lowest BCUT2D eigenvalue weighted by atomic mass is 10.0. The number of fused-ring (bicyclic) bond motifs is 1. The van der Waals surface area contributed by atoms with Crippen molar-refractivity contribution in [3.05, 3.63) is 51.5 Å². The second-order valence-electron chi connectivity index (χ2n) is 6.31. The molecule has 0 saturated carbocycles. The predicted molar refractivity (Wildman–Crippen MR) is 101 cm³/mol. The van der Waals surface area contributed by atoms with E-state index in [1.165, 1.54) is 11.3 Å². The van der Waals surface area contributed by atoms with Gasteiger partial charge in [0.2, 0.25) is 0 Å². The van der Waals surface area contributed by atoms with E-state index >= 15 is 0 Å². The molecule has 1 N–H and O–H groups in total. The standard InChI is InChI=1S/C18H19ClN4OS/c1-11-14-9-16(25-18(14)22(2)21-11)17(24)23-7-6-20-10-15(23)12-4-3-5-13(19)8-12/h3-5,8-9,15,20H,6-7,10H2,1-2H3. The second-order valence-corrected chi connectivity index (χ2v) is 7.78. The molecule has 1 fully saturated rings. The summed E-state index contributed by atoms with van der Waals surface area (Å²) in [6.45, 7) is 4.19. The molecule has 5 nitrogen and oxygen atoms in total. The van der Waals surface area contributed by atoms with E-state index in [2.05, 4.69) is 10.4 Å². The SMILES string of the molecule is Cc1nn(C)c2sc(C(=O)N3CCNCC3c3cccc(Cl)c3)cc12. The summed E-state index contributed by atoms with van der Waals surface area (Å²) in [6, 6.07) is 9.73. The van der Waals surface area contributed by atoms with Crippen LogP contribution in [0.25, 0.3) is 10.2 Å². The molecule has 1 atom stereocenters. The molecule has 0 bridgehead atoms. The van der Waals surface area contributed by atoms with Crippen molar-refractivity contribution in [3.8, 4) is 0 Å². The van der Waals surface area contributed by atoms with E-state index in [1.807, 2.05) is 53.9 Å². The molecule has 7 heteroatoms. The summed E-state index contributed by atoms with van der Waals surface area (Å²) >= 11 is 7.66. The Morgan fingerprint density at radius 1 is 1.40 bits per heavy atom. The first kappa shape index (κ1) is 16.6. The maximum Gasteiger partial charge on any atom is 0.264 e. The van der Waals surface area contributed by atoms with Crippen molar-refractivity contribution in [2.24, 2.45) is 7.05 Å². The molecule has 1 amide bonds. The number of aromatic nitrogens is 2. The number of benzene rings is 1. The normalized spacial score (nSPS) is 18.0. The maximum absolute atomic E-state index is 13.2. The van der Waals surface area contributed by atoms with Crippen molar-refractivity contribution in [1.82, 2.24) is 20.0 Å². The number of amides is 1. The Labute approximate surface area is 155 Å². The fourth-order valence-corrected chi connectivity index (χ4v) is 4.69. The molecule has 1 aliphatic heterocycles. The number of halogens is 1. The molecule has 1 aromatic carbocycles. The van der Waals surface area contributed by atoms with Crippen molar-refractivity contribution in [1.29, 1.82) is 0 Å². The summed E-state index contributed by atoms with van der Waals surface area (Å²) < 4.78 is 1.85. The Balaban J connectivity index is 1.69. The summed E-state index contributed by atoms with van der Waals surface area (Å²) in [5.41, 5.74) is 2.02. The molecule has 3 heterocycles. The summed E-state index contributed by atoms with van der Waals surface area (Å²) in [6.07, 6.45) is 0. The van der Waals surface area contributed by atoms with Crippen LogP contribution in [0.15, 0.2) is 30.3 Å². The van der Waals surface area contributed by atoms with Crippen LogP contribution < -0.4 is 5.32 Å². The number of carbonyl (C=O) groups excluding carboxylic acids is 1. The number of hydrogen-bond acceptors (Lipinski definition) is 4. The van der Waals surface area contributed by atoms with E-state index in [0.717, 1.165) is 39.4 Å². The van der Waals surface area contributed by atoms with Gasteiger partial charge in [-0.2, -0.15) is 5.10 Å². The number of thiophene rings is 1. The Hall–Kier alpha value is -1.89. The highest BCUT2D eigenvalue weighted by atomic mass is 35.5. The zero-order valence-corrected chi connectivity index (χ0v) is 15.7. The average molecular weight is 375 g/mol. The van der Waals surface area contributed by atoms with Gasteiger partial charge in [-0.25, -0.2) is 0 Å². The van der Waals surface area contributed by atoms with Crippen LogP contribution in [0.4, 0.5) is 0 Å². The zero-order chi connectivity index (χ0) is 17.6. The highest BCUT2D eigenvalue weighted by Crippen LogP contribution is 2.31. The van der Waals surface area contributed by atoms with Crippen LogP contribution in [-0.2, 0) is 7.05 Å². The van der Waals surface area contributed by atoms with Gasteiger partial charge in [-0.15, -0.1) is 11.3 Å². The first-order valence-electron chi connectivity index (χ1n) is 8.25. The molecule has 0 radical (unpaired) electrons. The van der Waals surface area contributed by atoms with Gasteiger partial charge in [-0.1, -0.05) is 23.7 Å². The summed E-state index contributed by atoms with van der Waals surface area (Å²) in [5, 5.41) is 9.55. The number of carbonyl (C=O) groups is 1. The van der Waals surface area contributed by atoms with Crippen LogP contribution >= 0.6 is 22.9 Å². The molecular weight excluding hydrogens is 356 g/mol. The van der Waals surface area contributed by atoms with E-state index in [0.29, 0.717) is 11.6 Å². The third-order valence-corrected chi connectivity index (χ3v) is 6.07. The molecule has 130 valence electrons. The van der Waals surface area contributed by atoms with E-state index in [4.69, 9.17) is 11.6 Å². The molecule has 3 aromatic rings. The average Bonchev–Trinajstić information content (AvgIpc) is 3.16. The Kier molecular flexibility index (Phi) is 4.27. The van der Waals surface area contributed by atoms with Gasteiger partial charge < -0.3 is 10.2 Å². The van der Waals surface area contributed by atoms with Gasteiger partial charge in [0.05, 0.1) is 16.6 Å². The second kappa shape index (κ2) is 6.44. The van der Waals surface area contributed by atoms with Crippen LogP contribution in [0, 0.1) is 6.92 Å². The lowest BCUT2D eigenvalue weighted by Crippen LogP contribution is -2.48. The van der Waals surface area contributed by atoms with Crippen LogP contribution in [0.1, 0.15) is 27.0 Å². The lowest BCUT2D eigenvalue weighted by Gasteiger charge is -2.36. The molecule has 1 saturated heterocycles. The van der Waals surface area contributed by atoms with Crippen molar-refractivity contribution in [2.45, 2.75) is 13.0 Å². The Morgan fingerprint density at radius 3 is 3.00 bits per heavy atom. The Bertz CT molecular complexity index is 913. The molecule has 0 spiro atoms. The number of rotatable bonds is 2. The first-order valence-corrected chi connectivity index (χ1v) is 9.44. The van der Waals surface area contributed by atoms with E-state index in [1.54, 1.807) is 0 Å². The van der Waals surface area contributed by atoms with Gasteiger partial charge in [-0.05, 0) is 30.7 Å². The summed E-state index contributed by atoms with van der Waals surface area (Å²) in [4.78, 5) is 17.0. The fourth-order valence-electron chi connectivity index (χ4n) is 3.41. The van der Waals surface area contributed by atoms with Crippen molar-refractivity contribution >= 4 is 39.1 Å². The van der Waals surface area contributed by atoms with Gasteiger partial charge in [0.15, 0.2) is 0 Å². The van der Waals surface area contributed by atoms with Crippen molar-refractivity contribution < 1.29 is 4.79 Å². The quantitative estimate of drug-likeness (QED) is 0.748. The molecule has 25 heavy (non-hydrogen) atoms. The third kappa shape index (κ3) is 2.94. The third-order valence-electron chi connectivity index (χ3n) is 4.64. The molecular formula is C18H19ClN4OS. The summed E-state index contributed by atoms with van der Waals surface area (Å²) in [7, 11) is 1.92. The number of piperazine rings is 1. The molecule has 0 aliphatic carbocycles. The molecule has 1 aliphatic rings. The largest absolute Gasteiger partial charge is 0.328 e. The van der Waals surface area contributed by atoms with Gasteiger partial charge >= 0.3 is 0 Å². The number of aryl methyl sites for hydroxylation is 2. The highest BCUT2D eigenvalue weighted by molar-refractivity contribution is 7.20. The van der Waals surface area contributed by atoms with Gasteiger partial charge in [0.1, 0.15) is 4.83 Å². The predicted octanol–water partition coefficient (Wildman–Crippen LogP) is 3.38. The topological polar surface area (TPSA) is 50.2 Å². The maximum atomic E-state index is 13.2. The smallest absolute Gasteiger partial charge is 0.264 e. The monoisotopic (exact) mass is 374 g/mol. The highest BCUT2D eigenvalue weighted by Gasteiger charge is 2.30. The molecule has 2 aromatic heterocycles. The number of hydrogen-bond donors (Lipinski definition) is 1. The van der Waals surface area contributed by atoms with Crippen molar-refractivity contribution in [2.75, 3.05) is 19.6 Å². The lowest BCUT2D eigenvalue weighted by molar-refractivity contribution is 0.0639. The van der Waals surface area contributed by atoms with Crippen LogP contribution in [0.5, 0.6) is 0 Å². The minimum atomic E-state index is -0.00983. The number of nitrogens with zero attached hydrogens (tertiary/aromatic N) is 3. The van der Waals surface area contributed by atoms with E-state index in [9.17, 15) is 4.79 Å². The molecule has 1 unspecified atom stereocenters. The van der Waals surface area contributed by atoms with Crippen LogP contribution in [0.2, 0.25) is 5.02 Å². The van der Waals surface area contributed by atoms with E-state index in [-0.39, 0.29) is 11.9 Å². The van der Waals surface area contributed by atoms with Crippen LogP contribution in [0.3, 0.4) is 0 Å². The minimum absolute atomic E-state index is 0.00983. The van der Waals surface area contributed by atoms with Gasteiger partial charge in [0.25, 0.3) is 5.91 Å². The van der Waals surface area contributed by atoms with Gasteiger partial charge in [0, 0.05) is 37.1 Å². The fraction of sp³-hybridized carbons (Fsp3) is 0.333. The minimum Gasteiger partial charge on any atom is -0.328 e. The van der Waals surface area contributed by atoms with Gasteiger partial charge in [-0.3, -0.25) is 9.48 Å². The summed E-state index contributed by atoms with van der Waals surface area (Å²) in [5.74, 6) is 0.0760. The molecule has 4 rings (SSSR count). The zero-order valence-electron chi connectivity index (χ0n) is 14.1. The number of nitrogens with one attached hydrogen (secondary N) is 1. The van der Waals surface area contributed by atoms with Crippen molar-refractivity contribution in [3.63, 3.8) is 0 Å². The first-order chi connectivity index (χ1) is 12.0.